The van der Waals surface area contributed by atoms with E-state index in [4.69, 9.17) is 5.73 Å². The maximum atomic E-state index is 5.71. The highest BCUT2D eigenvalue weighted by Gasteiger charge is 2.09. The zero-order valence-corrected chi connectivity index (χ0v) is 9.15. The molecule has 17 heavy (non-hydrogen) atoms. The zero-order chi connectivity index (χ0) is 11.8. The minimum Gasteiger partial charge on any atom is -0.382 e. The first-order valence-corrected chi connectivity index (χ1v) is 5.00. The molecule has 3 aromatic heterocycles. The van der Waals surface area contributed by atoms with Gasteiger partial charge in [-0.1, -0.05) is 5.21 Å². The van der Waals surface area contributed by atoms with Gasteiger partial charge in [-0.05, 0) is 0 Å². The summed E-state index contributed by atoms with van der Waals surface area (Å²) >= 11 is 0. The molecule has 3 heterocycles. The highest BCUT2D eigenvalue weighted by Crippen LogP contribution is 2.14. The van der Waals surface area contributed by atoms with E-state index in [-0.39, 0.29) is 0 Å². The van der Waals surface area contributed by atoms with Crippen molar-refractivity contribution < 1.29 is 0 Å². The molecule has 0 aliphatic carbocycles. The average molecular weight is 230 g/mol. The quantitative estimate of drug-likeness (QED) is 0.642. The second-order valence-corrected chi connectivity index (χ2v) is 3.69. The van der Waals surface area contributed by atoms with Crippen molar-refractivity contribution in [1.82, 2.24) is 34.5 Å². The Morgan fingerprint density at radius 1 is 1.29 bits per heavy atom. The van der Waals surface area contributed by atoms with Gasteiger partial charge >= 0.3 is 0 Å². The smallest absolute Gasteiger partial charge is 0.165 e. The minimum absolute atomic E-state index is 0.382. The Morgan fingerprint density at radius 2 is 2.18 bits per heavy atom. The van der Waals surface area contributed by atoms with Crippen molar-refractivity contribution in [2.45, 2.75) is 6.54 Å². The molecular weight excluding hydrogens is 220 g/mol. The van der Waals surface area contributed by atoms with Gasteiger partial charge < -0.3 is 10.3 Å². The van der Waals surface area contributed by atoms with E-state index < -0.39 is 0 Å². The molecule has 0 atom stereocenters. The fourth-order valence-electron chi connectivity index (χ4n) is 1.66. The average Bonchev–Trinajstić information content (AvgIpc) is 2.88. The van der Waals surface area contributed by atoms with Crippen LogP contribution in [-0.4, -0.2) is 34.5 Å². The van der Waals surface area contributed by atoms with Gasteiger partial charge in [0.2, 0.25) is 0 Å². The van der Waals surface area contributed by atoms with Crippen LogP contribution in [-0.2, 0) is 13.6 Å². The summed E-state index contributed by atoms with van der Waals surface area (Å²) in [5.41, 5.74) is 7.85. The van der Waals surface area contributed by atoms with E-state index in [0.717, 1.165) is 5.69 Å². The van der Waals surface area contributed by atoms with E-state index >= 15 is 0 Å². The molecule has 2 N–H and O–H groups in total. The van der Waals surface area contributed by atoms with Crippen LogP contribution in [0.2, 0.25) is 0 Å². The number of anilines is 1. The third-order valence-electron chi connectivity index (χ3n) is 2.41. The van der Waals surface area contributed by atoms with Crippen molar-refractivity contribution >= 4 is 17.0 Å². The van der Waals surface area contributed by atoms with E-state index in [0.29, 0.717) is 23.5 Å². The Kier molecular flexibility index (Phi) is 2.00. The van der Waals surface area contributed by atoms with Gasteiger partial charge in [-0.25, -0.2) is 15.0 Å². The molecule has 0 amide bonds. The Balaban J connectivity index is 2.04. The van der Waals surface area contributed by atoms with Gasteiger partial charge in [0.1, 0.15) is 17.5 Å². The van der Waals surface area contributed by atoms with Gasteiger partial charge in [-0.15, -0.1) is 5.10 Å². The normalized spacial score (nSPS) is 11.1. The Bertz CT molecular complexity index is 666. The second-order valence-electron chi connectivity index (χ2n) is 3.69. The highest BCUT2D eigenvalue weighted by atomic mass is 15.4. The van der Waals surface area contributed by atoms with Crippen molar-refractivity contribution in [2.24, 2.45) is 7.05 Å². The zero-order valence-electron chi connectivity index (χ0n) is 9.15. The number of rotatable bonds is 2. The monoisotopic (exact) mass is 230 g/mol. The van der Waals surface area contributed by atoms with Crippen LogP contribution in [0.25, 0.3) is 11.2 Å². The number of nitrogens with zero attached hydrogens (tertiary/aromatic N) is 7. The summed E-state index contributed by atoms with van der Waals surface area (Å²) in [6.45, 7) is 0.556. The van der Waals surface area contributed by atoms with Crippen molar-refractivity contribution in [3.63, 3.8) is 0 Å². The van der Waals surface area contributed by atoms with E-state index in [1.165, 1.54) is 6.33 Å². The van der Waals surface area contributed by atoms with Gasteiger partial charge in [-0.2, -0.15) is 0 Å². The van der Waals surface area contributed by atoms with Crippen LogP contribution in [0.4, 0.5) is 5.82 Å². The third-order valence-corrected chi connectivity index (χ3v) is 2.41. The first kappa shape index (κ1) is 9.70. The van der Waals surface area contributed by atoms with Gasteiger partial charge in [0, 0.05) is 13.2 Å². The molecule has 8 heteroatoms. The standard InChI is InChI=1S/C9H10N8/c1-16-2-6(14-15-16)3-17-5-13-7-8(10)11-4-12-9(7)17/h2,4-5H,3H2,1H3,(H2,10,11,12). The summed E-state index contributed by atoms with van der Waals surface area (Å²) in [6.07, 6.45) is 4.94. The minimum atomic E-state index is 0.382. The topological polar surface area (TPSA) is 100 Å². The predicted molar refractivity (Wildman–Crippen MR) is 59.8 cm³/mol. The molecule has 0 saturated carbocycles. The molecule has 0 fully saturated rings. The molecule has 0 bridgehead atoms. The van der Waals surface area contributed by atoms with Crippen LogP contribution in [0, 0.1) is 0 Å². The molecule has 0 saturated heterocycles. The Labute approximate surface area is 96.1 Å². The number of hydrogen-bond acceptors (Lipinski definition) is 6. The van der Waals surface area contributed by atoms with Crippen LogP contribution in [0.3, 0.4) is 0 Å². The first-order valence-electron chi connectivity index (χ1n) is 5.00. The van der Waals surface area contributed by atoms with E-state index in [1.807, 2.05) is 17.8 Å². The lowest BCUT2D eigenvalue weighted by atomic mass is 10.4. The van der Waals surface area contributed by atoms with Crippen molar-refractivity contribution in [3.8, 4) is 0 Å². The molecule has 8 nitrogen and oxygen atoms in total. The Morgan fingerprint density at radius 3 is 2.94 bits per heavy atom. The number of aryl methyl sites for hydroxylation is 1. The maximum absolute atomic E-state index is 5.71. The molecule has 86 valence electrons. The van der Waals surface area contributed by atoms with Crippen LogP contribution < -0.4 is 5.73 Å². The van der Waals surface area contributed by atoms with Gasteiger partial charge in [0.25, 0.3) is 0 Å². The highest BCUT2D eigenvalue weighted by molar-refractivity contribution is 5.81. The van der Waals surface area contributed by atoms with E-state index in [1.54, 1.807) is 11.0 Å². The van der Waals surface area contributed by atoms with Crippen LogP contribution >= 0.6 is 0 Å². The van der Waals surface area contributed by atoms with Crippen LogP contribution in [0.15, 0.2) is 18.9 Å². The maximum Gasteiger partial charge on any atom is 0.165 e. The molecule has 0 unspecified atom stereocenters. The molecule has 0 spiro atoms. The summed E-state index contributed by atoms with van der Waals surface area (Å²) in [5.74, 6) is 0.382. The van der Waals surface area contributed by atoms with Crippen LogP contribution in [0.5, 0.6) is 0 Å². The predicted octanol–water partition coefficient (Wildman–Crippen LogP) is -0.415. The van der Waals surface area contributed by atoms with Gasteiger partial charge in [-0.3, -0.25) is 4.68 Å². The van der Waals surface area contributed by atoms with E-state index in [9.17, 15) is 0 Å². The van der Waals surface area contributed by atoms with Crippen molar-refractivity contribution in [2.75, 3.05) is 5.73 Å². The number of nitrogen functional groups attached to an aromatic ring is 1. The molecule has 0 aliphatic rings. The molecule has 0 radical (unpaired) electrons. The lowest BCUT2D eigenvalue weighted by Crippen LogP contribution is -2.01. The third kappa shape index (κ3) is 1.59. The molecular formula is C9H10N8. The summed E-state index contributed by atoms with van der Waals surface area (Å²) in [4.78, 5) is 12.2. The molecule has 3 aromatic rings. The van der Waals surface area contributed by atoms with Gasteiger partial charge in [0.05, 0.1) is 12.9 Å². The lowest BCUT2D eigenvalue weighted by molar-refractivity contribution is 0.710. The number of aromatic nitrogens is 7. The van der Waals surface area contributed by atoms with E-state index in [2.05, 4.69) is 25.3 Å². The Hall–Kier alpha value is -2.51. The van der Waals surface area contributed by atoms with Crippen molar-refractivity contribution in [3.05, 3.63) is 24.5 Å². The molecule has 0 aromatic carbocycles. The number of fused-ring (bicyclic) bond motifs is 1. The number of nitrogens with two attached hydrogens (primary N) is 1. The SMILES string of the molecule is Cn1cc(Cn2cnc3c(N)ncnc32)nn1. The first-order chi connectivity index (χ1) is 8.24. The fraction of sp³-hybridized carbons (Fsp3) is 0.222. The summed E-state index contributed by atoms with van der Waals surface area (Å²) in [7, 11) is 1.82. The summed E-state index contributed by atoms with van der Waals surface area (Å²) < 4.78 is 3.51. The second kappa shape index (κ2) is 3.51. The summed E-state index contributed by atoms with van der Waals surface area (Å²) in [6, 6.07) is 0. The largest absolute Gasteiger partial charge is 0.382 e. The lowest BCUT2D eigenvalue weighted by Gasteiger charge is -1.99. The number of imidazole rings is 1. The van der Waals surface area contributed by atoms with Crippen molar-refractivity contribution in [1.29, 1.82) is 0 Å². The van der Waals surface area contributed by atoms with Crippen LogP contribution in [0.1, 0.15) is 5.69 Å². The number of hydrogen-bond donors (Lipinski definition) is 1. The fourth-order valence-corrected chi connectivity index (χ4v) is 1.66. The summed E-state index contributed by atoms with van der Waals surface area (Å²) in [5, 5.41) is 7.88. The van der Waals surface area contributed by atoms with Gasteiger partial charge in [0.15, 0.2) is 11.5 Å². The molecule has 3 rings (SSSR count). The molecule has 0 aliphatic heterocycles.